The number of piperazine rings is 1. The third-order valence-corrected chi connectivity index (χ3v) is 5.34. The quantitative estimate of drug-likeness (QED) is 0.457. The lowest BCUT2D eigenvalue weighted by Crippen LogP contribution is -2.48. The molecule has 0 aromatic carbocycles. The normalized spacial score (nSPS) is 16.1. The van der Waals surface area contributed by atoms with Gasteiger partial charge in [-0.25, -0.2) is 0 Å². The van der Waals surface area contributed by atoms with E-state index in [9.17, 15) is 9.59 Å². The van der Waals surface area contributed by atoms with Gasteiger partial charge in [0.15, 0.2) is 0 Å². The molecule has 0 aromatic heterocycles. The van der Waals surface area contributed by atoms with E-state index >= 15 is 0 Å². The maximum Gasteiger partial charge on any atom is 0.253 e. The molecule has 1 heterocycles. The molecule has 0 bridgehead atoms. The van der Waals surface area contributed by atoms with Crippen LogP contribution in [-0.4, -0.2) is 45.0 Å². The third kappa shape index (κ3) is 6.39. The first-order valence-corrected chi connectivity index (χ1v) is 9.44. The molecular weight excluding hydrogens is 292 g/mol. The van der Waals surface area contributed by atoms with E-state index in [0.29, 0.717) is 0 Å². The number of hydrogen-bond acceptors (Lipinski definition) is 4. The maximum atomic E-state index is 12.0. The summed E-state index contributed by atoms with van der Waals surface area (Å²) in [6.45, 7) is 4.79. The molecule has 20 heavy (non-hydrogen) atoms. The average molecular weight is 319 g/mol. The molecule has 0 aromatic rings. The summed E-state index contributed by atoms with van der Waals surface area (Å²) in [5.74, 6) is 1.98. The predicted molar refractivity (Wildman–Crippen MR) is 87.4 cm³/mol. The lowest BCUT2D eigenvalue weighted by Gasteiger charge is -2.32. The van der Waals surface area contributed by atoms with Gasteiger partial charge in [-0.1, -0.05) is 39.5 Å². The van der Waals surface area contributed by atoms with E-state index in [-0.39, 0.29) is 24.9 Å². The van der Waals surface area contributed by atoms with Gasteiger partial charge in [-0.15, -0.1) is 0 Å². The Kier molecular flexibility index (Phi) is 9.18. The van der Waals surface area contributed by atoms with E-state index in [0.717, 1.165) is 24.3 Å². The van der Waals surface area contributed by atoms with Crippen LogP contribution < -0.4 is 0 Å². The molecular formula is C14H26N2O2S2. The van der Waals surface area contributed by atoms with E-state index in [1.54, 1.807) is 8.61 Å². The highest BCUT2D eigenvalue weighted by atomic mass is 32.2. The predicted octanol–water partition coefficient (Wildman–Crippen LogP) is 3.33. The van der Waals surface area contributed by atoms with Gasteiger partial charge in [0.05, 0.1) is 0 Å². The van der Waals surface area contributed by atoms with Crippen LogP contribution in [0.1, 0.15) is 52.4 Å². The van der Waals surface area contributed by atoms with Gasteiger partial charge in [0, 0.05) is 11.5 Å². The second-order valence-corrected chi connectivity index (χ2v) is 7.16. The van der Waals surface area contributed by atoms with E-state index in [4.69, 9.17) is 0 Å². The van der Waals surface area contributed by atoms with E-state index in [1.165, 1.54) is 49.6 Å². The fraction of sp³-hybridized carbons (Fsp3) is 0.857. The van der Waals surface area contributed by atoms with E-state index in [1.807, 2.05) is 0 Å². The molecule has 1 rings (SSSR count). The van der Waals surface area contributed by atoms with Crippen molar-refractivity contribution in [1.29, 1.82) is 0 Å². The van der Waals surface area contributed by atoms with Crippen molar-refractivity contribution in [3.63, 3.8) is 0 Å². The Balaban J connectivity index is 2.26. The standard InChI is InChI=1S/C14H26N2O2S2/c1-3-5-7-9-19-15-11-14(18)16(12-13(15)17)20-10-8-6-4-2/h3-12H2,1-2H3. The van der Waals surface area contributed by atoms with Crippen molar-refractivity contribution < 1.29 is 9.59 Å². The summed E-state index contributed by atoms with van der Waals surface area (Å²) in [7, 11) is 0. The van der Waals surface area contributed by atoms with Crippen LogP contribution in [0.2, 0.25) is 0 Å². The van der Waals surface area contributed by atoms with Gasteiger partial charge in [0.2, 0.25) is 0 Å². The minimum absolute atomic E-state index is 0.0640. The van der Waals surface area contributed by atoms with Gasteiger partial charge in [-0.2, -0.15) is 0 Å². The van der Waals surface area contributed by atoms with E-state index < -0.39 is 0 Å². The van der Waals surface area contributed by atoms with Crippen LogP contribution in [0.4, 0.5) is 0 Å². The zero-order chi connectivity index (χ0) is 14.8. The molecule has 0 radical (unpaired) electrons. The van der Waals surface area contributed by atoms with Crippen molar-refractivity contribution in [3.8, 4) is 0 Å². The van der Waals surface area contributed by atoms with Gasteiger partial charge in [0.25, 0.3) is 11.8 Å². The number of amides is 2. The van der Waals surface area contributed by atoms with Gasteiger partial charge in [-0.05, 0) is 36.7 Å². The second kappa shape index (κ2) is 10.4. The number of carbonyl (C=O) groups excluding carboxylic acids is 2. The van der Waals surface area contributed by atoms with E-state index in [2.05, 4.69) is 13.8 Å². The summed E-state index contributed by atoms with van der Waals surface area (Å²) < 4.78 is 3.28. The molecule has 1 saturated heterocycles. The van der Waals surface area contributed by atoms with Crippen molar-refractivity contribution in [2.45, 2.75) is 52.4 Å². The van der Waals surface area contributed by atoms with Gasteiger partial charge >= 0.3 is 0 Å². The van der Waals surface area contributed by atoms with Gasteiger partial charge in [0.1, 0.15) is 13.1 Å². The summed E-state index contributed by atoms with van der Waals surface area (Å²) in [5.41, 5.74) is 0. The molecule has 1 aliphatic rings. The van der Waals surface area contributed by atoms with Gasteiger partial charge in [-0.3, -0.25) is 18.2 Å². The highest BCUT2D eigenvalue weighted by Gasteiger charge is 2.30. The molecule has 0 unspecified atom stereocenters. The number of hydrogen-bond donors (Lipinski definition) is 0. The van der Waals surface area contributed by atoms with Crippen molar-refractivity contribution in [2.75, 3.05) is 24.6 Å². The lowest BCUT2D eigenvalue weighted by atomic mass is 10.3. The third-order valence-electron chi connectivity index (χ3n) is 3.10. The molecule has 4 nitrogen and oxygen atoms in total. The Morgan fingerprint density at radius 2 is 1.20 bits per heavy atom. The van der Waals surface area contributed by atoms with Crippen LogP contribution in [0.15, 0.2) is 0 Å². The fourth-order valence-corrected chi connectivity index (χ4v) is 3.78. The van der Waals surface area contributed by atoms with Crippen molar-refractivity contribution in [1.82, 2.24) is 8.61 Å². The number of unbranched alkanes of at least 4 members (excludes halogenated alkanes) is 4. The fourth-order valence-electron chi connectivity index (χ4n) is 1.87. The minimum Gasteiger partial charge on any atom is -0.275 e. The van der Waals surface area contributed by atoms with Crippen LogP contribution >= 0.6 is 23.9 Å². The summed E-state index contributed by atoms with van der Waals surface area (Å²) >= 11 is 3.02. The van der Waals surface area contributed by atoms with Gasteiger partial charge < -0.3 is 0 Å². The molecule has 6 heteroatoms. The van der Waals surface area contributed by atoms with Crippen LogP contribution in [0.25, 0.3) is 0 Å². The monoisotopic (exact) mass is 318 g/mol. The average Bonchev–Trinajstić information content (AvgIpc) is 2.44. The Morgan fingerprint density at radius 1 is 0.800 bits per heavy atom. The maximum absolute atomic E-state index is 12.0. The summed E-state index contributed by atoms with van der Waals surface area (Å²) in [6, 6.07) is 0. The van der Waals surface area contributed by atoms with Crippen LogP contribution in [0.5, 0.6) is 0 Å². The van der Waals surface area contributed by atoms with Crippen LogP contribution in [0.3, 0.4) is 0 Å². The molecule has 2 amide bonds. The van der Waals surface area contributed by atoms with Crippen molar-refractivity contribution in [2.24, 2.45) is 0 Å². The molecule has 0 aliphatic carbocycles. The topological polar surface area (TPSA) is 40.6 Å². The summed E-state index contributed by atoms with van der Waals surface area (Å²) in [4.78, 5) is 24.0. The minimum atomic E-state index is 0.0640. The van der Waals surface area contributed by atoms with Crippen molar-refractivity contribution >= 4 is 35.7 Å². The molecule has 1 aliphatic heterocycles. The molecule has 116 valence electrons. The molecule has 0 saturated carbocycles. The number of carbonyl (C=O) groups is 2. The SMILES string of the molecule is CCCCCSN1CC(=O)N(SCCCCC)CC1=O. The number of nitrogens with zero attached hydrogens (tertiary/aromatic N) is 2. The lowest BCUT2D eigenvalue weighted by molar-refractivity contribution is -0.140. The highest BCUT2D eigenvalue weighted by molar-refractivity contribution is 7.98. The zero-order valence-corrected chi connectivity index (χ0v) is 14.2. The Morgan fingerprint density at radius 3 is 1.55 bits per heavy atom. The highest BCUT2D eigenvalue weighted by Crippen LogP contribution is 2.22. The Hall–Kier alpha value is -0.360. The largest absolute Gasteiger partial charge is 0.275 e. The first-order valence-electron chi connectivity index (χ1n) is 7.55. The smallest absolute Gasteiger partial charge is 0.253 e. The van der Waals surface area contributed by atoms with Crippen molar-refractivity contribution in [3.05, 3.63) is 0 Å². The molecule has 0 N–H and O–H groups in total. The Bertz CT molecular complexity index is 284. The summed E-state index contributed by atoms with van der Waals surface area (Å²) in [5, 5.41) is 0. The van der Waals surface area contributed by atoms with Crippen LogP contribution in [0, 0.1) is 0 Å². The molecule has 1 fully saturated rings. The van der Waals surface area contributed by atoms with Crippen LogP contribution in [-0.2, 0) is 9.59 Å². The first-order chi connectivity index (χ1) is 9.69. The Labute approximate surface area is 131 Å². The molecule has 0 atom stereocenters. The zero-order valence-electron chi connectivity index (χ0n) is 12.6. The second-order valence-electron chi connectivity index (χ2n) is 4.94. The number of rotatable bonds is 10. The first kappa shape index (κ1) is 17.7. The summed E-state index contributed by atoms with van der Waals surface area (Å²) in [6.07, 6.45) is 6.93. The molecule has 0 spiro atoms.